The zero-order valence-electron chi connectivity index (χ0n) is 17.3. The molecule has 4 aromatic carbocycles. The summed E-state index contributed by atoms with van der Waals surface area (Å²) < 4.78 is 11.0. The summed E-state index contributed by atoms with van der Waals surface area (Å²) in [5.41, 5.74) is 2.50. The Morgan fingerprint density at radius 2 is 1.10 bits per heavy atom. The maximum absolute atomic E-state index is 5.48. The summed E-state index contributed by atoms with van der Waals surface area (Å²) in [6, 6.07) is 36.5. The van der Waals surface area contributed by atoms with Gasteiger partial charge in [-0.3, -0.25) is 0 Å². The summed E-state index contributed by atoms with van der Waals surface area (Å²) in [5, 5.41) is 4.09. The number of ether oxygens (including phenoxy) is 2. The van der Waals surface area contributed by atoms with Gasteiger partial charge in [-0.05, 0) is 53.5 Å². The van der Waals surface area contributed by atoms with Gasteiger partial charge in [-0.2, -0.15) is 0 Å². The summed E-state index contributed by atoms with van der Waals surface area (Å²) in [7, 11) is 2.73. The second-order valence-corrected chi connectivity index (χ2v) is 9.22. The molecule has 0 unspecified atom stereocenters. The first kappa shape index (κ1) is 20.2. The van der Waals surface area contributed by atoms with Crippen LogP contribution >= 0.6 is 7.92 Å². The van der Waals surface area contributed by atoms with Crippen LogP contribution in [0.5, 0.6) is 11.5 Å². The van der Waals surface area contributed by atoms with Crippen LogP contribution in [0.3, 0.4) is 0 Å². The minimum Gasteiger partial charge on any atom is -0.497 e. The van der Waals surface area contributed by atoms with Gasteiger partial charge in [0.25, 0.3) is 0 Å². The van der Waals surface area contributed by atoms with E-state index in [-0.39, 0.29) is 0 Å². The molecular formula is C27H25O2P. The van der Waals surface area contributed by atoms with Gasteiger partial charge in [0.1, 0.15) is 11.5 Å². The van der Waals surface area contributed by atoms with E-state index in [1.54, 1.807) is 14.2 Å². The lowest BCUT2D eigenvalue weighted by atomic mass is 10.0. The molecule has 0 radical (unpaired) electrons. The zero-order chi connectivity index (χ0) is 20.8. The molecule has 0 aliphatic heterocycles. The van der Waals surface area contributed by atoms with E-state index >= 15 is 0 Å². The van der Waals surface area contributed by atoms with Gasteiger partial charge in [-0.1, -0.05) is 84.9 Å². The molecule has 0 saturated heterocycles. The van der Waals surface area contributed by atoms with Crippen molar-refractivity contribution in [1.82, 2.24) is 0 Å². The van der Waals surface area contributed by atoms with Crippen molar-refractivity contribution in [1.29, 1.82) is 0 Å². The number of rotatable bonds is 7. The minimum atomic E-state index is -0.648. The number of hydrogen-bond donors (Lipinski definition) is 0. The van der Waals surface area contributed by atoms with E-state index in [0.717, 1.165) is 17.9 Å². The minimum absolute atomic E-state index is 0.648. The highest BCUT2D eigenvalue weighted by atomic mass is 31.1. The van der Waals surface area contributed by atoms with E-state index in [2.05, 4.69) is 97.1 Å². The van der Waals surface area contributed by atoms with E-state index in [1.165, 1.54) is 27.0 Å². The number of benzene rings is 4. The van der Waals surface area contributed by atoms with Crippen LogP contribution in [0.15, 0.2) is 103 Å². The van der Waals surface area contributed by atoms with Crippen molar-refractivity contribution < 1.29 is 9.47 Å². The number of methoxy groups -OCH3 is 2. The molecule has 0 aliphatic carbocycles. The highest BCUT2D eigenvalue weighted by molar-refractivity contribution is 7.79. The lowest BCUT2D eigenvalue weighted by molar-refractivity contribution is 0.393. The summed E-state index contributed by atoms with van der Waals surface area (Å²) in [6.45, 7) is 0. The summed E-state index contributed by atoms with van der Waals surface area (Å²) in [4.78, 5) is 0. The SMILES string of the molecule is COc1cc(Cc2ccccc2P(c2ccccc2)c2ccccc2)cc(OC)c1. The normalized spacial score (nSPS) is 10.8. The molecule has 0 N–H and O–H groups in total. The Bertz CT molecular complexity index is 1030. The molecule has 0 fully saturated rings. The fraction of sp³-hybridized carbons (Fsp3) is 0.111. The molecule has 4 rings (SSSR count). The number of hydrogen-bond acceptors (Lipinski definition) is 2. The van der Waals surface area contributed by atoms with Gasteiger partial charge in [0, 0.05) is 6.07 Å². The summed E-state index contributed by atoms with van der Waals surface area (Å²) in [6.07, 6.45) is 0.822. The second-order valence-electron chi connectivity index (χ2n) is 7.03. The predicted octanol–water partition coefficient (Wildman–Crippen LogP) is 5.05. The molecule has 0 atom stereocenters. The Balaban J connectivity index is 1.80. The zero-order valence-corrected chi connectivity index (χ0v) is 18.2. The van der Waals surface area contributed by atoms with Gasteiger partial charge in [-0.15, -0.1) is 0 Å². The van der Waals surface area contributed by atoms with E-state index < -0.39 is 7.92 Å². The van der Waals surface area contributed by atoms with E-state index in [9.17, 15) is 0 Å². The van der Waals surface area contributed by atoms with Gasteiger partial charge in [-0.25, -0.2) is 0 Å². The molecule has 0 aromatic heterocycles. The monoisotopic (exact) mass is 412 g/mol. The van der Waals surface area contributed by atoms with Crippen LogP contribution in [0.4, 0.5) is 0 Å². The Hall–Kier alpha value is -3.09. The Kier molecular flexibility index (Phi) is 6.47. The average molecular weight is 412 g/mol. The van der Waals surface area contributed by atoms with Crippen LogP contribution < -0.4 is 25.4 Å². The maximum atomic E-state index is 5.48. The van der Waals surface area contributed by atoms with Crippen molar-refractivity contribution in [3.05, 3.63) is 114 Å². The van der Waals surface area contributed by atoms with Gasteiger partial charge in [0.15, 0.2) is 0 Å². The van der Waals surface area contributed by atoms with Gasteiger partial charge < -0.3 is 9.47 Å². The Morgan fingerprint density at radius 1 is 0.600 bits per heavy atom. The molecular weight excluding hydrogens is 387 g/mol. The molecule has 0 saturated carbocycles. The van der Waals surface area contributed by atoms with Crippen molar-refractivity contribution >= 4 is 23.8 Å². The van der Waals surface area contributed by atoms with Gasteiger partial charge >= 0.3 is 0 Å². The molecule has 3 heteroatoms. The van der Waals surface area contributed by atoms with Crippen LogP contribution in [0, 0.1) is 0 Å². The van der Waals surface area contributed by atoms with Crippen molar-refractivity contribution in [2.24, 2.45) is 0 Å². The van der Waals surface area contributed by atoms with E-state index in [4.69, 9.17) is 9.47 Å². The summed E-state index contributed by atoms with van der Waals surface area (Å²) >= 11 is 0. The van der Waals surface area contributed by atoms with Crippen LogP contribution in [0.25, 0.3) is 0 Å². The third kappa shape index (κ3) is 4.56. The third-order valence-electron chi connectivity index (χ3n) is 5.07. The lowest BCUT2D eigenvalue weighted by Crippen LogP contribution is -2.23. The maximum Gasteiger partial charge on any atom is 0.122 e. The highest BCUT2D eigenvalue weighted by Crippen LogP contribution is 2.35. The van der Waals surface area contributed by atoms with Crippen molar-refractivity contribution in [2.45, 2.75) is 6.42 Å². The van der Waals surface area contributed by atoms with Gasteiger partial charge in [0.2, 0.25) is 0 Å². The molecule has 150 valence electrons. The fourth-order valence-corrected chi connectivity index (χ4v) is 6.12. The topological polar surface area (TPSA) is 18.5 Å². The molecule has 0 spiro atoms. The Labute approximate surface area is 179 Å². The average Bonchev–Trinajstić information content (AvgIpc) is 2.81. The van der Waals surface area contributed by atoms with Crippen molar-refractivity contribution in [2.75, 3.05) is 14.2 Å². The molecule has 2 nitrogen and oxygen atoms in total. The first-order chi connectivity index (χ1) is 14.8. The molecule has 0 amide bonds. The van der Waals surface area contributed by atoms with E-state index in [1.807, 2.05) is 6.07 Å². The quantitative estimate of drug-likeness (QED) is 0.396. The van der Waals surface area contributed by atoms with Crippen LogP contribution in [0.2, 0.25) is 0 Å². The van der Waals surface area contributed by atoms with E-state index in [0.29, 0.717) is 0 Å². The third-order valence-corrected chi connectivity index (χ3v) is 7.61. The van der Waals surface area contributed by atoms with Gasteiger partial charge in [0.05, 0.1) is 14.2 Å². The van der Waals surface area contributed by atoms with Crippen LogP contribution in [-0.2, 0) is 6.42 Å². The molecule has 0 bridgehead atoms. The lowest BCUT2D eigenvalue weighted by Gasteiger charge is -2.22. The van der Waals surface area contributed by atoms with Crippen LogP contribution in [0.1, 0.15) is 11.1 Å². The fourth-order valence-electron chi connectivity index (χ4n) is 3.65. The molecule has 4 aromatic rings. The highest BCUT2D eigenvalue weighted by Gasteiger charge is 2.19. The van der Waals surface area contributed by atoms with Crippen molar-refractivity contribution in [3.63, 3.8) is 0 Å². The second kappa shape index (κ2) is 9.61. The smallest absolute Gasteiger partial charge is 0.122 e. The largest absolute Gasteiger partial charge is 0.497 e. The Morgan fingerprint density at radius 3 is 1.63 bits per heavy atom. The molecule has 0 aliphatic rings. The van der Waals surface area contributed by atoms with Crippen molar-refractivity contribution in [3.8, 4) is 11.5 Å². The first-order valence-corrected chi connectivity index (χ1v) is 11.3. The molecule has 30 heavy (non-hydrogen) atoms. The first-order valence-electron chi connectivity index (χ1n) is 9.98. The molecule has 0 heterocycles. The van der Waals surface area contributed by atoms with Crippen LogP contribution in [-0.4, -0.2) is 14.2 Å². The predicted molar refractivity (Wildman–Crippen MR) is 128 cm³/mol. The summed E-state index contributed by atoms with van der Waals surface area (Å²) in [5.74, 6) is 1.63. The standard InChI is InChI=1S/C27H25O2P/c1-28-23-18-21(19-24(20-23)29-2)17-22-11-9-10-16-27(22)30(25-12-5-3-6-13-25)26-14-7-4-8-15-26/h3-16,18-20H,17H2,1-2H3.